The molecule has 0 aliphatic carbocycles. The Morgan fingerprint density at radius 2 is 2.25 bits per heavy atom. The first-order chi connectivity index (χ1) is 9.85. The molecule has 0 saturated carbocycles. The fraction of sp³-hybridized carbons (Fsp3) is 0.188. The number of allylic oxidation sites excluding steroid dienone is 2. The molecule has 4 rings (SSSR count). The van der Waals surface area contributed by atoms with Gasteiger partial charge in [0.2, 0.25) is 0 Å². The molecule has 1 unspecified atom stereocenters. The first-order valence-corrected chi connectivity index (χ1v) is 7.66. The van der Waals surface area contributed by atoms with Crippen molar-refractivity contribution in [2.45, 2.75) is 19.4 Å². The second-order valence-electron chi connectivity index (χ2n) is 4.96. The van der Waals surface area contributed by atoms with Gasteiger partial charge in [0, 0.05) is 12.4 Å². The van der Waals surface area contributed by atoms with Crippen LogP contribution in [0.4, 0.5) is 0 Å². The predicted molar refractivity (Wildman–Crippen MR) is 84.0 cm³/mol. The van der Waals surface area contributed by atoms with E-state index < -0.39 is 0 Å². The van der Waals surface area contributed by atoms with Crippen molar-refractivity contribution >= 4 is 27.3 Å². The van der Waals surface area contributed by atoms with Crippen LogP contribution in [-0.2, 0) is 0 Å². The van der Waals surface area contributed by atoms with Crippen LogP contribution in [0.15, 0.2) is 54.4 Å². The molecule has 100 valence electrons. The van der Waals surface area contributed by atoms with Crippen molar-refractivity contribution in [3.63, 3.8) is 0 Å². The third kappa shape index (κ3) is 1.76. The lowest BCUT2D eigenvalue weighted by atomic mass is 10.1. The van der Waals surface area contributed by atoms with E-state index in [4.69, 9.17) is 0 Å². The number of rotatable bonds is 2. The number of fused-ring (bicyclic) bond motifs is 3. The molecule has 1 aromatic carbocycles. The molecule has 1 aliphatic heterocycles. The molecule has 0 saturated heterocycles. The zero-order valence-corrected chi connectivity index (χ0v) is 12.0. The summed E-state index contributed by atoms with van der Waals surface area (Å²) in [7, 11) is 0. The number of nitrogens with one attached hydrogen (secondary N) is 1. The largest absolute Gasteiger partial charge is 0.380 e. The van der Waals surface area contributed by atoms with Gasteiger partial charge in [-0.15, -0.1) is 0 Å². The van der Waals surface area contributed by atoms with E-state index in [9.17, 15) is 0 Å². The van der Waals surface area contributed by atoms with Crippen molar-refractivity contribution in [3.05, 3.63) is 59.3 Å². The molecule has 0 fully saturated rings. The Morgan fingerprint density at radius 3 is 3.05 bits per heavy atom. The van der Waals surface area contributed by atoms with E-state index in [0.717, 1.165) is 16.9 Å². The molecule has 3 aromatic rings. The van der Waals surface area contributed by atoms with Crippen LogP contribution in [0.25, 0.3) is 16.0 Å². The third-order valence-electron chi connectivity index (χ3n) is 3.69. The van der Waals surface area contributed by atoms with E-state index in [-0.39, 0.29) is 6.04 Å². The smallest absolute Gasteiger partial charge is 0.195 e. The van der Waals surface area contributed by atoms with Gasteiger partial charge in [-0.2, -0.15) is 0 Å². The Morgan fingerprint density at radius 1 is 1.35 bits per heavy atom. The molecule has 1 atom stereocenters. The summed E-state index contributed by atoms with van der Waals surface area (Å²) in [5.74, 6) is 0. The first kappa shape index (κ1) is 11.7. The third-order valence-corrected chi connectivity index (χ3v) is 4.76. The van der Waals surface area contributed by atoms with E-state index in [0.29, 0.717) is 0 Å². The lowest BCUT2D eigenvalue weighted by Crippen LogP contribution is -2.15. The SMILES string of the molecule is CCC1=CNC(c2cn3c(nc4ccccc43)s2)C=C1. The van der Waals surface area contributed by atoms with Crippen molar-refractivity contribution < 1.29 is 0 Å². The molecule has 0 radical (unpaired) electrons. The van der Waals surface area contributed by atoms with Crippen molar-refractivity contribution in [2.75, 3.05) is 0 Å². The number of hydrogen-bond acceptors (Lipinski definition) is 3. The predicted octanol–water partition coefficient (Wildman–Crippen LogP) is 4.04. The highest BCUT2D eigenvalue weighted by atomic mass is 32.1. The zero-order valence-electron chi connectivity index (χ0n) is 11.2. The van der Waals surface area contributed by atoms with Gasteiger partial charge in [-0.3, -0.25) is 4.40 Å². The molecular weight excluding hydrogens is 266 g/mol. The van der Waals surface area contributed by atoms with Crippen molar-refractivity contribution in [1.29, 1.82) is 0 Å². The van der Waals surface area contributed by atoms with Gasteiger partial charge in [0.25, 0.3) is 0 Å². The number of dihydropyridines is 1. The minimum absolute atomic E-state index is 0.260. The highest BCUT2D eigenvalue weighted by molar-refractivity contribution is 7.17. The molecule has 20 heavy (non-hydrogen) atoms. The highest BCUT2D eigenvalue weighted by Gasteiger charge is 2.15. The van der Waals surface area contributed by atoms with Gasteiger partial charge in [-0.25, -0.2) is 4.98 Å². The van der Waals surface area contributed by atoms with Crippen LogP contribution in [-0.4, -0.2) is 9.38 Å². The van der Waals surface area contributed by atoms with Crippen molar-refractivity contribution in [3.8, 4) is 0 Å². The highest BCUT2D eigenvalue weighted by Crippen LogP contribution is 2.29. The number of thiazole rings is 1. The number of hydrogen-bond donors (Lipinski definition) is 1. The molecule has 2 aromatic heterocycles. The summed E-state index contributed by atoms with van der Waals surface area (Å²) in [4.78, 5) is 7.03. The maximum absolute atomic E-state index is 4.68. The molecule has 1 aliphatic rings. The standard InChI is InChI=1S/C16H15N3S/c1-2-11-7-8-13(17-9-11)15-10-19-14-6-4-3-5-12(14)18-16(19)20-15/h3-10,13,17H,2H2,1H3. The second kappa shape index (κ2) is 4.49. The Balaban J connectivity index is 1.75. The summed E-state index contributed by atoms with van der Waals surface area (Å²) in [5.41, 5.74) is 3.58. The number of imidazole rings is 1. The van der Waals surface area contributed by atoms with Crippen LogP contribution in [0.3, 0.4) is 0 Å². The minimum Gasteiger partial charge on any atom is -0.380 e. The van der Waals surface area contributed by atoms with Crippen LogP contribution >= 0.6 is 11.3 Å². The van der Waals surface area contributed by atoms with E-state index >= 15 is 0 Å². The quantitative estimate of drug-likeness (QED) is 0.768. The number of para-hydroxylation sites is 2. The van der Waals surface area contributed by atoms with E-state index in [1.807, 2.05) is 6.07 Å². The van der Waals surface area contributed by atoms with E-state index in [2.05, 4.69) is 64.4 Å². The first-order valence-electron chi connectivity index (χ1n) is 6.85. The van der Waals surface area contributed by atoms with Crippen LogP contribution in [0.5, 0.6) is 0 Å². The average Bonchev–Trinajstić information content (AvgIpc) is 3.05. The summed E-state index contributed by atoms with van der Waals surface area (Å²) < 4.78 is 2.18. The molecule has 3 heterocycles. The Bertz CT molecular complexity index is 838. The van der Waals surface area contributed by atoms with Gasteiger partial charge in [-0.05, 0) is 24.1 Å². The van der Waals surface area contributed by atoms with Gasteiger partial charge >= 0.3 is 0 Å². The monoisotopic (exact) mass is 281 g/mol. The molecule has 0 spiro atoms. The van der Waals surface area contributed by atoms with Gasteiger partial charge in [0.15, 0.2) is 4.96 Å². The van der Waals surface area contributed by atoms with E-state index in [1.165, 1.54) is 16.0 Å². The molecule has 0 bridgehead atoms. The molecule has 1 N–H and O–H groups in total. The minimum atomic E-state index is 0.260. The summed E-state index contributed by atoms with van der Waals surface area (Å²) in [6.45, 7) is 2.17. The maximum atomic E-state index is 4.68. The summed E-state index contributed by atoms with van der Waals surface area (Å²) >= 11 is 1.75. The molecule has 4 heteroatoms. The topological polar surface area (TPSA) is 29.3 Å². The van der Waals surface area contributed by atoms with Crippen LogP contribution in [0.1, 0.15) is 24.3 Å². The number of aromatic nitrogens is 2. The van der Waals surface area contributed by atoms with Crippen molar-refractivity contribution in [2.24, 2.45) is 0 Å². The Labute approximate surface area is 121 Å². The molecule has 3 nitrogen and oxygen atoms in total. The number of nitrogens with zero attached hydrogens (tertiary/aromatic N) is 2. The van der Waals surface area contributed by atoms with Crippen LogP contribution in [0.2, 0.25) is 0 Å². The average molecular weight is 281 g/mol. The molecule has 0 amide bonds. The van der Waals surface area contributed by atoms with Crippen LogP contribution < -0.4 is 5.32 Å². The summed E-state index contributed by atoms with van der Waals surface area (Å²) in [6, 6.07) is 8.52. The van der Waals surface area contributed by atoms with Crippen LogP contribution in [0, 0.1) is 0 Å². The van der Waals surface area contributed by atoms with Crippen molar-refractivity contribution in [1.82, 2.24) is 14.7 Å². The summed E-state index contributed by atoms with van der Waals surface area (Å²) in [5, 5.41) is 3.46. The van der Waals surface area contributed by atoms with Gasteiger partial charge in [0.05, 0.1) is 22.0 Å². The lowest BCUT2D eigenvalue weighted by Gasteiger charge is -2.16. The summed E-state index contributed by atoms with van der Waals surface area (Å²) in [6.07, 6.45) is 9.82. The van der Waals surface area contributed by atoms with Gasteiger partial charge in [-0.1, -0.05) is 42.5 Å². The zero-order chi connectivity index (χ0) is 13.5. The fourth-order valence-electron chi connectivity index (χ4n) is 2.54. The van der Waals surface area contributed by atoms with E-state index in [1.54, 1.807) is 11.3 Å². The lowest BCUT2D eigenvalue weighted by molar-refractivity contribution is 0.744. The Hall–Kier alpha value is -2.07. The second-order valence-corrected chi connectivity index (χ2v) is 6.00. The fourth-order valence-corrected chi connectivity index (χ4v) is 3.58. The maximum Gasteiger partial charge on any atom is 0.195 e. The Kier molecular flexibility index (Phi) is 2.63. The number of benzene rings is 1. The van der Waals surface area contributed by atoms with Gasteiger partial charge < -0.3 is 5.32 Å². The molecular formula is C16H15N3S. The van der Waals surface area contributed by atoms with Gasteiger partial charge in [0.1, 0.15) is 0 Å². The normalized spacial score (nSPS) is 18.4.